The third kappa shape index (κ3) is 8.21. The van der Waals surface area contributed by atoms with Gasteiger partial charge >= 0.3 is 6.09 Å². The van der Waals surface area contributed by atoms with Crippen molar-refractivity contribution in [2.45, 2.75) is 89.6 Å². The maximum absolute atomic E-state index is 15.3. The van der Waals surface area contributed by atoms with Gasteiger partial charge < -0.3 is 19.5 Å². The van der Waals surface area contributed by atoms with Gasteiger partial charge in [-0.3, -0.25) is 9.69 Å². The van der Waals surface area contributed by atoms with Crippen molar-refractivity contribution in [3.8, 4) is 0 Å². The van der Waals surface area contributed by atoms with Gasteiger partial charge in [0.1, 0.15) is 23.2 Å². The molecule has 2 amide bonds. The molecular weight excluding hydrogens is 589 g/mol. The first kappa shape index (κ1) is 33.5. The van der Waals surface area contributed by atoms with E-state index in [1.807, 2.05) is 12.1 Å². The zero-order valence-corrected chi connectivity index (χ0v) is 26.6. The van der Waals surface area contributed by atoms with Crippen LogP contribution < -0.4 is 5.32 Å². The quantitative estimate of drug-likeness (QED) is 0.173. The third-order valence-corrected chi connectivity index (χ3v) is 8.33. The van der Waals surface area contributed by atoms with E-state index in [4.69, 9.17) is 25.8 Å². The second-order valence-corrected chi connectivity index (χ2v) is 13.2. The normalized spacial score (nSPS) is 20.0. The Balaban J connectivity index is 1.58. The Morgan fingerprint density at radius 2 is 1.89 bits per heavy atom. The Hall–Kier alpha value is -3.37. The number of ether oxygens (including phenoxy) is 3. The highest BCUT2D eigenvalue weighted by atomic mass is 35.5. The van der Waals surface area contributed by atoms with Crippen LogP contribution in [0.4, 0.5) is 14.9 Å². The van der Waals surface area contributed by atoms with E-state index in [9.17, 15) is 15.1 Å². The molecule has 238 valence electrons. The maximum atomic E-state index is 15.3. The first-order chi connectivity index (χ1) is 20.8. The number of azide groups is 1. The van der Waals surface area contributed by atoms with Crippen LogP contribution in [-0.2, 0) is 25.4 Å². The first-order valence-electron chi connectivity index (χ1n) is 14.9. The van der Waals surface area contributed by atoms with E-state index in [0.29, 0.717) is 37.5 Å². The molecule has 0 saturated carbocycles. The second kappa shape index (κ2) is 14.2. The van der Waals surface area contributed by atoms with Crippen LogP contribution in [0.5, 0.6) is 0 Å². The van der Waals surface area contributed by atoms with E-state index < -0.39 is 41.1 Å². The molecular formula is C32H41ClFN5O5. The predicted octanol–water partition coefficient (Wildman–Crippen LogP) is 7.61. The zero-order chi connectivity index (χ0) is 32.1. The first-order valence-corrected chi connectivity index (χ1v) is 15.3. The van der Waals surface area contributed by atoms with Crippen LogP contribution in [0, 0.1) is 11.7 Å². The molecule has 3 atom stereocenters. The Morgan fingerprint density at radius 1 is 1.20 bits per heavy atom. The van der Waals surface area contributed by atoms with Crippen molar-refractivity contribution >= 4 is 29.3 Å². The van der Waals surface area contributed by atoms with Crippen LogP contribution in [0.3, 0.4) is 0 Å². The van der Waals surface area contributed by atoms with E-state index >= 15 is 4.39 Å². The molecule has 0 aliphatic carbocycles. The minimum atomic E-state index is -1.10. The van der Waals surface area contributed by atoms with Gasteiger partial charge in [0.2, 0.25) is 5.91 Å². The van der Waals surface area contributed by atoms with Crippen LogP contribution in [-0.4, -0.2) is 60.1 Å². The summed E-state index contributed by atoms with van der Waals surface area (Å²) in [6.07, 6.45) is 1.44. The third-order valence-electron chi connectivity index (χ3n) is 8.08. The molecule has 4 rings (SSSR count). The second-order valence-electron chi connectivity index (χ2n) is 12.7. The zero-order valence-electron chi connectivity index (χ0n) is 25.9. The molecule has 0 bridgehead atoms. The molecule has 44 heavy (non-hydrogen) atoms. The number of rotatable bonds is 9. The van der Waals surface area contributed by atoms with Crippen LogP contribution in [0.25, 0.3) is 10.4 Å². The van der Waals surface area contributed by atoms with Crippen LogP contribution in [0.15, 0.2) is 47.6 Å². The van der Waals surface area contributed by atoms with E-state index in [0.717, 1.165) is 5.56 Å². The largest absolute Gasteiger partial charge is 0.444 e. The number of benzene rings is 2. The fraction of sp³-hybridized carbons (Fsp3) is 0.562. The van der Waals surface area contributed by atoms with Gasteiger partial charge in [-0.15, -0.1) is 0 Å². The minimum Gasteiger partial charge on any atom is -0.444 e. The predicted molar refractivity (Wildman–Crippen MR) is 166 cm³/mol. The Bertz CT molecular complexity index is 1370. The molecule has 10 nitrogen and oxygen atoms in total. The van der Waals surface area contributed by atoms with Gasteiger partial charge in [-0.2, -0.15) is 0 Å². The molecule has 2 aliphatic heterocycles. The number of hydrogen-bond acceptors (Lipinski definition) is 6. The summed E-state index contributed by atoms with van der Waals surface area (Å²) < 4.78 is 32.4. The van der Waals surface area contributed by atoms with Crippen molar-refractivity contribution in [1.29, 1.82) is 0 Å². The number of hydrogen-bond donors (Lipinski definition) is 1. The molecule has 2 fully saturated rings. The molecule has 12 heteroatoms. The van der Waals surface area contributed by atoms with E-state index in [1.54, 1.807) is 57.7 Å². The number of halogens is 2. The molecule has 1 N–H and O–H groups in total. The van der Waals surface area contributed by atoms with E-state index in [2.05, 4.69) is 15.3 Å². The van der Waals surface area contributed by atoms with Gasteiger partial charge in [0.05, 0.1) is 12.6 Å². The monoisotopic (exact) mass is 629 g/mol. The molecule has 2 heterocycles. The Morgan fingerprint density at radius 3 is 2.52 bits per heavy atom. The van der Waals surface area contributed by atoms with Crippen molar-refractivity contribution in [1.82, 2.24) is 4.90 Å². The van der Waals surface area contributed by atoms with E-state index in [1.165, 1.54) is 12.1 Å². The van der Waals surface area contributed by atoms with Gasteiger partial charge in [-0.1, -0.05) is 34.9 Å². The highest BCUT2D eigenvalue weighted by molar-refractivity contribution is 6.30. The number of amides is 2. The lowest BCUT2D eigenvalue weighted by molar-refractivity contribution is -0.118. The van der Waals surface area contributed by atoms with Gasteiger partial charge in [-0.05, 0) is 102 Å². The van der Waals surface area contributed by atoms with Gasteiger partial charge in [0.25, 0.3) is 0 Å². The number of carbonyl (C=O) groups excluding carboxylic acids is 2. The summed E-state index contributed by atoms with van der Waals surface area (Å²) >= 11 is 6.14. The van der Waals surface area contributed by atoms with Gasteiger partial charge in [0.15, 0.2) is 0 Å². The van der Waals surface area contributed by atoms with Crippen molar-refractivity contribution < 1.29 is 28.2 Å². The lowest BCUT2D eigenvalue weighted by Gasteiger charge is -2.35. The number of nitrogens with zero attached hydrogens (tertiary/aromatic N) is 4. The topological polar surface area (TPSA) is 126 Å². The fourth-order valence-electron chi connectivity index (χ4n) is 6.04. The number of carbonyl (C=O) groups is 2. The SMILES string of the molecule is CC(C)(C)OC(=O)N1[C@@H](CCc2c(F)cccc2NC(=O)C(N=[N+]=[N-])[C@@H](c2ccc(Cl)cc2)C2CCOCC2)COC1(C)C. The van der Waals surface area contributed by atoms with Crippen molar-refractivity contribution in [2.24, 2.45) is 11.0 Å². The van der Waals surface area contributed by atoms with Crippen LogP contribution in [0.2, 0.25) is 5.02 Å². The Kier molecular flexibility index (Phi) is 10.8. The summed E-state index contributed by atoms with van der Waals surface area (Å²) in [5.74, 6) is -1.46. The van der Waals surface area contributed by atoms with Crippen molar-refractivity contribution in [2.75, 3.05) is 25.1 Å². The van der Waals surface area contributed by atoms with Gasteiger partial charge in [0, 0.05) is 40.3 Å². The summed E-state index contributed by atoms with van der Waals surface area (Å²) in [4.78, 5) is 31.5. The van der Waals surface area contributed by atoms with Crippen LogP contribution >= 0.6 is 11.6 Å². The summed E-state index contributed by atoms with van der Waals surface area (Å²) in [6.45, 7) is 10.3. The summed E-state index contributed by atoms with van der Waals surface area (Å²) in [7, 11) is 0. The smallest absolute Gasteiger partial charge is 0.412 e. The highest BCUT2D eigenvalue weighted by Gasteiger charge is 2.45. The lowest BCUT2D eigenvalue weighted by Crippen LogP contribution is -2.50. The average molecular weight is 630 g/mol. The van der Waals surface area contributed by atoms with Crippen molar-refractivity contribution in [3.05, 3.63) is 74.9 Å². The highest BCUT2D eigenvalue weighted by Crippen LogP contribution is 2.38. The summed E-state index contributed by atoms with van der Waals surface area (Å²) in [6, 6.07) is 10.1. The standard InChI is InChI=1S/C32H41ClFN5O5/c1-31(2,3)44-30(41)39-23(19-43-32(39,4)5)13-14-24-25(34)7-6-8-26(24)36-29(40)28(37-38-35)27(21-15-17-42-18-16-21)20-9-11-22(33)12-10-20/h6-12,21,23,27-28H,13-19H2,1-5H3,(H,36,40)/t23-,27-,28?/m0/s1. The van der Waals surface area contributed by atoms with Crippen LogP contribution in [0.1, 0.15) is 70.9 Å². The fourth-order valence-corrected chi connectivity index (χ4v) is 6.16. The molecule has 2 aromatic carbocycles. The number of anilines is 1. The Labute approximate surface area is 262 Å². The lowest BCUT2D eigenvalue weighted by atomic mass is 9.76. The van der Waals surface area contributed by atoms with E-state index in [-0.39, 0.29) is 36.2 Å². The molecule has 2 aliphatic rings. The maximum Gasteiger partial charge on any atom is 0.412 e. The molecule has 2 saturated heterocycles. The average Bonchev–Trinajstić information content (AvgIpc) is 3.27. The molecule has 0 spiro atoms. The molecule has 0 radical (unpaired) electrons. The molecule has 1 unspecified atom stereocenters. The molecule has 0 aromatic heterocycles. The molecule has 2 aromatic rings. The summed E-state index contributed by atoms with van der Waals surface area (Å²) in [5, 5.41) is 7.36. The van der Waals surface area contributed by atoms with Gasteiger partial charge in [-0.25, -0.2) is 9.18 Å². The number of nitrogens with one attached hydrogen (secondary N) is 1. The van der Waals surface area contributed by atoms with Crippen molar-refractivity contribution in [3.63, 3.8) is 0 Å². The summed E-state index contributed by atoms with van der Waals surface area (Å²) in [5.41, 5.74) is 9.28. The minimum absolute atomic E-state index is 0.0164.